The third-order valence-corrected chi connectivity index (χ3v) is 2.57. The van der Waals surface area contributed by atoms with Gasteiger partial charge in [-0.3, -0.25) is 0 Å². The summed E-state index contributed by atoms with van der Waals surface area (Å²) in [5, 5.41) is 0. The van der Waals surface area contributed by atoms with Gasteiger partial charge in [0.05, 0.1) is 6.10 Å². The molecule has 1 rings (SSSR count). The first-order valence-electron chi connectivity index (χ1n) is 4.06. The predicted octanol–water partition coefficient (Wildman–Crippen LogP) is 2.43. The molecule has 0 spiro atoms. The van der Waals surface area contributed by atoms with Gasteiger partial charge in [0.25, 0.3) is 0 Å². The molecule has 1 nitrogen and oxygen atoms in total. The molecule has 1 heterocycles. The van der Waals surface area contributed by atoms with Crippen LogP contribution in [0.2, 0.25) is 0 Å². The molecule has 0 saturated carbocycles. The van der Waals surface area contributed by atoms with E-state index in [2.05, 4.69) is 6.92 Å². The third kappa shape index (κ3) is 1.86. The molecule has 10 heavy (non-hydrogen) atoms. The first-order chi connectivity index (χ1) is 4.88. The Morgan fingerprint density at radius 2 is 2.40 bits per heavy atom. The van der Waals surface area contributed by atoms with Crippen molar-refractivity contribution in [2.75, 3.05) is 12.5 Å². The van der Waals surface area contributed by atoms with Gasteiger partial charge in [-0.1, -0.05) is 6.92 Å². The minimum absolute atomic E-state index is 0.436. The van der Waals surface area contributed by atoms with E-state index in [-0.39, 0.29) is 0 Å². The minimum atomic E-state index is 0.436. The lowest BCUT2D eigenvalue weighted by Gasteiger charge is -2.29. The van der Waals surface area contributed by atoms with Gasteiger partial charge in [-0.25, -0.2) is 0 Å². The van der Waals surface area contributed by atoms with Crippen LogP contribution in [-0.4, -0.2) is 18.6 Å². The molecule has 0 aromatic carbocycles. The highest BCUT2D eigenvalue weighted by molar-refractivity contribution is 6.18. The smallest absolute Gasteiger partial charge is 0.0612 e. The van der Waals surface area contributed by atoms with Crippen LogP contribution in [0, 0.1) is 5.92 Å². The monoisotopic (exact) mass is 162 g/mol. The lowest BCUT2D eigenvalue weighted by Crippen LogP contribution is -2.29. The van der Waals surface area contributed by atoms with Crippen molar-refractivity contribution in [1.82, 2.24) is 0 Å². The fourth-order valence-electron chi connectivity index (χ4n) is 1.53. The van der Waals surface area contributed by atoms with E-state index in [1.165, 1.54) is 12.8 Å². The molecule has 60 valence electrons. The molecular formula is C8H15ClO. The average molecular weight is 163 g/mol. The lowest BCUT2D eigenvalue weighted by molar-refractivity contribution is -0.0205. The Bertz CT molecular complexity index is 83.3. The van der Waals surface area contributed by atoms with Gasteiger partial charge < -0.3 is 4.74 Å². The SMILES string of the molecule is CCC1OCCCC1CCl. The van der Waals surface area contributed by atoms with Gasteiger partial charge in [-0.2, -0.15) is 0 Å². The highest BCUT2D eigenvalue weighted by Gasteiger charge is 2.22. The summed E-state index contributed by atoms with van der Waals surface area (Å²) in [4.78, 5) is 0. The Morgan fingerprint density at radius 1 is 1.60 bits per heavy atom. The fraction of sp³-hybridized carbons (Fsp3) is 1.00. The van der Waals surface area contributed by atoms with Crippen molar-refractivity contribution in [1.29, 1.82) is 0 Å². The van der Waals surface area contributed by atoms with E-state index in [0.717, 1.165) is 18.9 Å². The predicted molar refractivity (Wildman–Crippen MR) is 43.5 cm³/mol. The summed E-state index contributed by atoms with van der Waals surface area (Å²) in [6, 6.07) is 0. The summed E-state index contributed by atoms with van der Waals surface area (Å²) >= 11 is 5.77. The van der Waals surface area contributed by atoms with Crippen molar-refractivity contribution in [3.63, 3.8) is 0 Å². The normalized spacial score (nSPS) is 34.2. The van der Waals surface area contributed by atoms with Gasteiger partial charge in [0.1, 0.15) is 0 Å². The van der Waals surface area contributed by atoms with Crippen molar-refractivity contribution in [3.8, 4) is 0 Å². The van der Waals surface area contributed by atoms with Crippen LogP contribution in [0.5, 0.6) is 0 Å². The molecule has 1 aliphatic heterocycles. The molecule has 1 saturated heterocycles. The summed E-state index contributed by atoms with van der Waals surface area (Å²) in [5.74, 6) is 1.37. The first-order valence-corrected chi connectivity index (χ1v) is 4.59. The lowest BCUT2D eigenvalue weighted by atomic mass is 9.95. The van der Waals surface area contributed by atoms with E-state index < -0.39 is 0 Å². The van der Waals surface area contributed by atoms with Gasteiger partial charge in [0, 0.05) is 12.5 Å². The molecule has 2 atom stereocenters. The number of halogens is 1. The molecule has 0 radical (unpaired) electrons. The van der Waals surface area contributed by atoms with Gasteiger partial charge in [0.2, 0.25) is 0 Å². The van der Waals surface area contributed by atoms with Crippen LogP contribution in [0.3, 0.4) is 0 Å². The Morgan fingerprint density at radius 3 is 2.90 bits per heavy atom. The second-order valence-electron chi connectivity index (χ2n) is 2.87. The van der Waals surface area contributed by atoms with E-state index >= 15 is 0 Å². The Kier molecular flexibility index (Phi) is 3.50. The van der Waals surface area contributed by atoms with Crippen molar-refractivity contribution < 1.29 is 4.74 Å². The van der Waals surface area contributed by atoms with E-state index in [1.54, 1.807) is 0 Å². The topological polar surface area (TPSA) is 9.23 Å². The average Bonchev–Trinajstić information content (AvgIpc) is 2.04. The van der Waals surface area contributed by atoms with E-state index in [0.29, 0.717) is 12.0 Å². The van der Waals surface area contributed by atoms with Gasteiger partial charge in [-0.05, 0) is 25.2 Å². The summed E-state index contributed by atoms with van der Waals surface area (Å²) in [7, 11) is 0. The number of hydrogen-bond donors (Lipinski definition) is 0. The molecule has 0 aliphatic carbocycles. The standard InChI is InChI=1S/C8H15ClO/c1-2-8-7(6-9)4-3-5-10-8/h7-8H,2-6H2,1H3. The number of hydrogen-bond acceptors (Lipinski definition) is 1. The molecule has 0 amide bonds. The Balaban J connectivity index is 2.34. The van der Waals surface area contributed by atoms with E-state index in [1.807, 2.05) is 0 Å². The molecule has 0 aromatic heterocycles. The second-order valence-corrected chi connectivity index (χ2v) is 3.18. The Hall–Kier alpha value is 0.250. The summed E-state index contributed by atoms with van der Waals surface area (Å²) < 4.78 is 5.55. The molecule has 2 heteroatoms. The Labute approximate surface area is 67.7 Å². The largest absolute Gasteiger partial charge is 0.378 e. The van der Waals surface area contributed by atoms with Gasteiger partial charge >= 0.3 is 0 Å². The van der Waals surface area contributed by atoms with Crippen LogP contribution in [0.1, 0.15) is 26.2 Å². The van der Waals surface area contributed by atoms with Crippen molar-refractivity contribution in [3.05, 3.63) is 0 Å². The quantitative estimate of drug-likeness (QED) is 0.567. The molecule has 1 aliphatic rings. The van der Waals surface area contributed by atoms with Crippen LogP contribution < -0.4 is 0 Å². The molecule has 0 bridgehead atoms. The molecular weight excluding hydrogens is 148 g/mol. The maximum Gasteiger partial charge on any atom is 0.0612 e. The zero-order valence-corrected chi connectivity index (χ0v) is 7.23. The van der Waals surface area contributed by atoms with Crippen LogP contribution in [-0.2, 0) is 4.74 Å². The summed E-state index contributed by atoms with van der Waals surface area (Å²) in [5.41, 5.74) is 0. The van der Waals surface area contributed by atoms with E-state index in [4.69, 9.17) is 16.3 Å². The molecule has 0 N–H and O–H groups in total. The fourth-order valence-corrected chi connectivity index (χ4v) is 1.88. The van der Waals surface area contributed by atoms with Crippen molar-refractivity contribution >= 4 is 11.6 Å². The van der Waals surface area contributed by atoms with Crippen molar-refractivity contribution in [2.24, 2.45) is 5.92 Å². The van der Waals surface area contributed by atoms with Crippen LogP contribution in [0.4, 0.5) is 0 Å². The van der Waals surface area contributed by atoms with Crippen LogP contribution >= 0.6 is 11.6 Å². The summed E-state index contributed by atoms with van der Waals surface area (Å²) in [6.07, 6.45) is 3.99. The third-order valence-electron chi connectivity index (χ3n) is 2.18. The van der Waals surface area contributed by atoms with Crippen LogP contribution in [0.25, 0.3) is 0 Å². The van der Waals surface area contributed by atoms with Gasteiger partial charge in [-0.15, -0.1) is 11.6 Å². The first kappa shape index (κ1) is 8.35. The molecule has 0 aromatic rings. The number of alkyl halides is 1. The van der Waals surface area contributed by atoms with Crippen LogP contribution in [0.15, 0.2) is 0 Å². The van der Waals surface area contributed by atoms with Crippen molar-refractivity contribution in [2.45, 2.75) is 32.3 Å². The zero-order valence-electron chi connectivity index (χ0n) is 6.48. The number of ether oxygens (including phenoxy) is 1. The second kappa shape index (κ2) is 4.20. The highest BCUT2D eigenvalue weighted by Crippen LogP contribution is 2.23. The van der Waals surface area contributed by atoms with E-state index in [9.17, 15) is 0 Å². The maximum absolute atomic E-state index is 5.77. The minimum Gasteiger partial charge on any atom is -0.378 e. The number of rotatable bonds is 2. The molecule has 1 fully saturated rings. The molecule has 2 unspecified atom stereocenters. The zero-order chi connectivity index (χ0) is 7.40. The van der Waals surface area contributed by atoms with Gasteiger partial charge in [0.15, 0.2) is 0 Å². The maximum atomic E-state index is 5.77. The summed E-state index contributed by atoms with van der Waals surface area (Å²) in [6.45, 7) is 3.10. The highest BCUT2D eigenvalue weighted by atomic mass is 35.5.